The van der Waals surface area contributed by atoms with Gasteiger partial charge in [-0.2, -0.15) is 0 Å². The first-order valence-corrected chi connectivity index (χ1v) is 27.9. The van der Waals surface area contributed by atoms with Crippen LogP contribution >= 0.6 is 0 Å². The van der Waals surface area contributed by atoms with Gasteiger partial charge in [-0.15, -0.1) is 0 Å². The molecular formula is C54H106O15. The van der Waals surface area contributed by atoms with Gasteiger partial charge < -0.3 is 63.8 Å². The second-order valence-electron chi connectivity index (χ2n) is 19.4. The van der Waals surface area contributed by atoms with E-state index in [-0.39, 0.29) is 91.2 Å². The van der Waals surface area contributed by atoms with Gasteiger partial charge >= 0.3 is 11.9 Å². The molecule has 0 aliphatic heterocycles. The molecule has 0 radical (unpaired) electrons. The van der Waals surface area contributed by atoms with Gasteiger partial charge in [-0.3, -0.25) is 9.59 Å². The summed E-state index contributed by atoms with van der Waals surface area (Å²) < 4.78 is 36.9. The maximum Gasteiger partial charge on any atom is 0.305 e. The highest BCUT2D eigenvalue weighted by Crippen LogP contribution is 2.16. The summed E-state index contributed by atoms with van der Waals surface area (Å²) in [4.78, 5) is 24.1. The molecule has 0 unspecified atom stereocenters. The highest BCUT2D eigenvalue weighted by molar-refractivity contribution is 5.69. The van der Waals surface area contributed by atoms with Gasteiger partial charge in [-0.25, -0.2) is 0 Å². The fourth-order valence-electron chi connectivity index (χ4n) is 7.79. The molecule has 6 N–H and O–H groups in total. The molecule has 15 nitrogen and oxygen atoms in total. The summed E-state index contributed by atoms with van der Waals surface area (Å²) in [6.45, 7) is 2.86. The van der Waals surface area contributed by atoms with Crippen LogP contribution in [0.15, 0.2) is 0 Å². The highest BCUT2D eigenvalue weighted by atomic mass is 16.6. The van der Waals surface area contributed by atoms with Gasteiger partial charge in [0.1, 0.15) is 49.8 Å². The molecule has 0 saturated carbocycles. The second-order valence-corrected chi connectivity index (χ2v) is 19.4. The Hall–Kier alpha value is -1.50. The van der Waals surface area contributed by atoms with Crippen molar-refractivity contribution in [1.82, 2.24) is 0 Å². The zero-order valence-electron chi connectivity index (χ0n) is 43.9. The quantitative estimate of drug-likeness (QED) is 0.0248. The molecule has 412 valence electrons. The van der Waals surface area contributed by atoms with Crippen LogP contribution in [0.5, 0.6) is 0 Å². The minimum Gasteiger partial charge on any atom is -0.463 e. The van der Waals surface area contributed by atoms with Crippen molar-refractivity contribution in [2.24, 2.45) is 0 Å². The third-order valence-corrected chi connectivity index (χ3v) is 11.9. The Kier molecular flexibility index (Phi) is 51.7. The molecule has 6 atom stereocenters. The largest absolute Gasteiger partial charge is 0.463 e. The monoisotopic (exact) mass is 995 g/mol. The van der Waals surface area contributed by atoms with Crippen LogP contribution in [0.4, 0.5) is 0 Å². The van der Waals surface area contributed by atoms with Crippen molar-refractivity contribution in [2.75, 3.05) is 79.3 Å². The number of rotatable bonds is 56. The molecule has 0 aliphatic rings. The van der Waals surface area contributed by atoms with Crippen molar-refractivity contribution in [3.05, 3.63) is 0 Å². The lowest BCUT2D eigenvalue weighted by atomic mass is 10.0. The topological polar surface area (TPSA) is 220 Å². The molecule has 0 amide bonds. The third-order valence-electron chi connectivity index (χ3n) is 11.9. The number of aliphatic hydroxyl groups excluding tert-OH is 6. The summed E-state index contributed by atoms with van der Waals surface area (Å²) in [5.74, 6) is -0.682. The molecule has 0 heterocycles. The fraction of sp³-hybridized carbons (Fsp3) is 0.963. The zero-order valence-corrected chi connectivity index (χ0v) is 43.9. The van der Waals surface area contributed by atoms with Gasteiger partial charge in [0.2, 0.25) is 0 Å². The van der Waals surface area contributed by atoms with E-state index in [0.717, 1.165) is 38.5 Å². The molecule has 0 aliphatic carbocycles. The number of hydrogen-bond donors (Lipinski definition) is 6. The van der Waals surface area contributed by atoms with Gasteiger partial charge in [-0.05, 0) is 12.8 Å². The van der Waals surface area contributed by atoms with Crippen molar-refractivity contribution in [3.63, 3.8) is 0 Å². The Morgan fingerprint density at radius 1 is 0.261 bits per heavy atom. The maximum absolute atomic E-state index is 12.0. The normalized spacial score (nSPS) is 14.4. The lowest BCUT2D eigenvalue weighted by molar-refractivity contribution is -0.149. The summed E-state index contributed by atoms with van der Waals surface area (Å²) >= 11 is 0. The minimum absolute atomic E-state index is 0.123. The van der Waals surface area contributed by atoms with Crippen molar-refractivity contribution in [2.45, 2.75) is 256 Å². The Morgan fingerprint density at radius 3 is 0.609 bits per heavy atom. The number of esters is 2. The predicted molar refractivity (Wildman–Crippen MR) is 271 cm³/mol. The summed E-state index contributed by atoms with van der Waals surface area (Å²) in [6, 6.07) is 0. The Bertz CT molecular complexity index is 991. The molecule has 0 spiro atoms. The molecule has 0 aromatic carbocycles. The van der Waals surface area contributed by atoms with Crippen LogP contribution in [0.2, 0.25) is 0 Å². The van der Waals surface area contributed by atoms with E-state index in [0.29, 0.717) is 12.8 Å². The highest BCUT2D eigenvalue weighted by Gasteiger charge is 2.15. The van der Waals surface area contributed by atoms with E-state index < -0.39 is 36.6 Å². The SMILES string of the molecule is CCCCCCCCCCCCCCCCCC(=O)OC[C@H](O)COC[C@H](O)COC[C@H](O)COC[C@H](O)COC[C@@H](O)COC[C@@H](O)COC(=O)CCCCCCCCCCCCCCCCC. The number of unbranched alkanes of at least 4 members (excludes halogenated alkanes) is 28. The van der Waals surface area contributed by atoms with Crippen LogP contribution in [0.25, 0.3) is 0 Å². The maximum atomic E-state index is 12.0. The van der Waals surface area contributed by atoms with Crippen LogP contribution in [-0.2, 0) is 42.7 Å². The first kappa shape index (κ1) is 67.5. The summed E-state index contributed by atoms with van der Waals surface area (Å²) in [6.07, 6.45) is 32.2. The number of carbonyl (C=O) groups is 2. The zero-order chi connectivity index (χ0) is 50.7. The molecule has 0 rings (SSSR count). The fourth-order valence-corrected chi connectivity index (χ4v) is 7.79. The standard InChI is InChI=1S/C54H106O15/c1-3-5-7-9-11-13-15-17-19-21-23-25-27-29-31-33-53(61)68-45-51(59)43-66-41-49(57)39-64-37-47(55)35-63-36-48(56)38-65-40-50(58)42-67-44-52(60)46-69-54(62)34-32-30-28-26-24-22-20-18-16-14-12-10-8-6-4-2/h47-52,55-60H,3-46H2,1-2H3/t47-,48+,49-,50-,51-,52-/m1/s1. The van der Waals surface area contributed by atoms with Crippen LogP contribution in [0.3, 0.4) is 0 Å². The summed E-state index contributed by atoms with van der Waals surface area (Å²) in [7, 11) is 0. The van der Waals surface area contributed by atoms with Gasteiger partial charge in [0.05, 0.1) is 66.1 Å². The Morgan fingerprint density at radius 2 is 0.420 bits per heavy atom. The number of ether oxygens (including phenoxy) is 7. The van der Waals surface area contributed by atoms with Gasteiger partial charge in [-0.1, -0.05) is 194 Å². The third kappa shape index (κ3) is 52.6. The van der Waals surface area contributed by atoms with E-state index in [1.807, 2.05) is 0 Å². The smallest absolute Gasteiger partial charge is 0.305 e. The molecule has 69 heavy (non-hydrogen) atoms. The Balaban J connectivity index is 3.63. The second kappa shape index (κ2) is 52.8. The van der Waals surface area contributed by atoms with E-state index in [9.17, 15) is 40.2 Å². The Labute approximate surface area is 419 Å². The van der Waals surface area contributed by atoms with E-state index in [1.54, 1.807) is 0 Å². The molecule has 0 fully saturated rings. The van der Waals surface area contributed by atoms with Crippen LogP contribution in [-0.4, -0.2) is 158 Å². The van der Waals surface area contributed by atoms with Crippen molar-refractivity contribution < 1.29 is 73.4 Å². The number of aliphatic hydroxyl groups is 6. The van der Waals surface area contributed by atoms with Crippen molar-refractivity contribution in [1.29, 1.82) is 0 Å². The minimum atomic E-state index is -1.02. The van der Waals surface area contributed by atoms with Gasteiger partial charge in [0, 0.05) is 12.8 Å². The molecule has 15 heteroatoms. The molecule has 0 saturated heterocycles. The summed E-state index contributed by atoms with van der Waals surface area (Å²) in [5.41, 5.74) is 0. The van der Waals surface area contributed by atoms with Crippen LogP contribution in [0, 0.1) is 0 Å². The average Bonchev–Trinajstić information content (AvgIpc) is 3.32. The average molecular weight is 995 g/mol. The van der Waals surface area contributed by atoms with Crippen LogP contribution < -0.4 is 0 Å². The van der Waals surface area contributed by atoms with Crippen LogP contribution in [0.1, 0.15) is 219 Å². The summed E-state index contributed by atoms with van der Waals surface area (Å²) in [5, 5.41) is 60.5. The van der Waals surface area contributed by atoms with E-state index >= 15 is 0 Å². The lowest BCUT2D eigenvalue weighted by Crippen LogP contribution is -2.31. The number of carbonyl (C=O) groups excluding carboxylic acids is 2. The molecule has 0 bridgehead atoms. The predicted octanol–water partition coefficient (Wildman–Crippen LogP) is 8.84. The lowest BCUT2D eigenvalue weighted by Gasteiger charge is -2.18. The van der Waals surface area contributed by atoms with E-state index in [2.05, 4.69) is 13.8 Å². The molecular weight excluding hydrogens is 889 g/mol. The van der Waals surface area contributed by atoms with E-state index in [1.165, 1.54) is 154 Å². The van der Waals surface area contributed by atoms with Crippen molar-refractivity contribution >= 4 is 11.9 Å². The molecule has 0 aromatic rings. The first-order valence-electron chi connectivity index (χ1n) is 27.9. The molecule has 0 aromatic heterocycles. The number of hydrogen-bond acceptors (Lipinski definition) is 15. The first-order chi connectivity index (χ1) is 33.6. The van der Waals surface area contributed by atoms with Crippen molar-refractivity contribution in [3.8, 4) is 0 Å². The van der Waals surface area contributed by atoms with E-state index in [4.69, 9.17) is 33.2 Å². The van der Waals surface area contributed by atoms with Gasteiger partial charge in [0.25, 0.3) is 0 Å². The van der Waals surface area contributed by atoms with Gasteiger partial charge in [0.15, 0.2) is 0 Å².